The van der Waals surface area contributed by atoms with E-state index in [0.29, 0.717) is 0 Å². The molecule has 0 aromatic carbocycles. The molecule has 0 aliphatic carbocycles. The summed E-state index contributed by atoms with van der Waals surface area (Å²) >= 11 is 0. The van der Waals surface area contributed by atoms with E-state index in [9.17, 15) is 9.18 Å². The lowest BCUT2D eigenvalue weighted by Crippen LogP contribution is -2.29. The van der Waals surface area contributed by atoms with Gasteiger partial charge in [-0.15, -0.1) is 0 Å². The van der Waals surface area contributed by atoms with Crippen LogP contribution in [0.15, 0.2) is 11.0 Å². The molecule has 1 rings (SSSR count). The first-order chi connectivity index (χ1) is 5.11. The summed E-state index contributed by atoms with van der Waals surface area (Å²) in [6.07, 6.45) is 0.817. The van der Waals surface area contributed by atoms with Crippen LogP contribution in [-0.2, 0) is 0 Å². The lowest BCUT2D eigenvalue weighted by atomic mass is 10.5. The van der Waals surface area contributed by atoms with Gasteiger partial charge in [0, 0.05) is 7.05 Å². The fraction of sp³-hybridized carbons (Fsp3) is 0.200. The van der Waals surface area contributed by atoms with E-state index in [4.69, 9.17) is 5.84 Å². The highest BCUT2D eigenvalue weighted by Gasteiger charge is 2.04. The van der Waals surface area contributed by atoms with Gasteiger partial charge in [-0.1, -0.05) is 0 Å². The first-order valence-corrected chi connectivity index (χ1v) is 2.84. The normalized spacial score (nSPS) is 9.73. The molecule has 1 aromatic heterocycles. The Morgan fingerprint density at radius 1 is 1.82 bits per heavy atom. The predicted molar refractivity (Wildman–Crippen MR) is 37.4 cm³/mol. The van der Waals surface area contributed by atoms with Crippen molar-refractivity contribution in [3.63, 3.8) is 0 Å². The monoisotopic (exact) mass is 158 g/mol. The van der Waals surface area contributed by atoms with Gasteiger partial charge in [0.05, 0.1) is 6.20 Å². The first kappa shape index (κ1) is 7.67. The highest BCUT2D eigenvalue weighted by Crippen LogP contribution is 2.06. The largest absolute Gasteiger partial charge is 0.346 e. The number of anilines is 1. The fourth-order valence-electron chi connectivity index (χ4n) is 0.626. The van der Waals surface area contributed by atoms with Crippen molar-refractivity contribution in [3.05, 3.63) is 22.5 Å². The van der Waals surface area contributed by atoms with Crippen LogP contribution in [0, 0.1) is 5.82 Å². The van der Waals surface area contributed by atoms with Crippen molar-refractivity contribution in [2.75, 3.05) is 12.1 Å². The van der Waals surface area contributed by atoms with Crippen LogP contribution < -0.4 is 16.5 Å². The van der Waals surface area contributed by atoms with E-state index in [1.54, 1.807) is 0 Å². The highest BCUT2D eigenvalue weighted by molar-refractivity contribution is 5.34. The Bertz CT molecular complexity index is 308. The van der Waals surface area contributed by atoms with Gasteiger partial charge in [0.2, 0.25) is 0 Å². The zero-order valence-electron chi connectivity index (χ0n) is 5.84. The van der Waals surface area contributed by atoms with E-state index in [2.05, 4.69) is 9.97 Å². The second kappa shape index (κ2) is 2.67. The molecular weight excluding hydrogens is 151 g/mol. The Morgan fingerprint density at radius 3 is 2.91 bits per heavy atom. The Balaban J connectivity index is 3.23. The Hall–Kier alpha value is -1.43. The third kappa shape index (κ3) is 1.53. The Kier molecular flexibility index (Phi) is 1.86. The highest BCUT2D eigenvalue weighted by atomic mass is 19.1. The quantitative estimate of drug-likeness (QED) is 0.415. The van der Waals surface area contributed by atoms with Gasteiger partial charge in [-0.05, 0) is 0 Å². The number of nitrogens with two attached hydrogens (primary N) is 1. The number of nitrogens with zero attached hydrogens (tertiary/aromatic N) is 2. The molecule has 0 aliphatic rings. The summed E-state index contributed by atoms with van der Waals surface area (Å²) < 4.78 is 12.7. The molecule has 1 heterocycles. The molecule has 1 aromatic rings. The molecule has 6 heteroatoms. The van der Waals surface area contributed by atoms with Crippen molar-refractivity contribution in [2.24, 2.45) is 5.84 Å². The number of aromatic nitrogens is 2. The van der Waals surface area contributed by atoms with E-state index in [1.807, 2.05) is 0 Å². The lowest BCUT2D eigenvalue weighted by molar-refractivity contribution is 0.606. The van der Waals surface area contributed by atoms with Gasteiger partial charge >= 0.3 is 5.69 Å². The molecule has 0 fully saturated rings. The molecule has 0 spiro atoms. The number of halogens is 1. The maximum Gasteiger partial charge on any atom is 0.346 e. The van der Waals surface area contributed by atoms with Crippen molar-refractivity contribution >= 4 is 5.82 Å². The summed E-state index contributed by atoms with van der Waals surface area (Å²) in [7, 11) is 1.41. The maximum atomic E-state index is 12.7. The first-order valence-electron chi connectivity index (χ1n) is 2.84. The van der Waals surface area contributed by atoms with E-state index in [1.165, 1.54) is 7.05 Å². The van der Waals surface area contributed by atoms with E-state index >= 15 is 0 Å². The van der Waals surface area contributed by atoms with Gasteiger partial charge in [-0.25, -0.2) is 15.0 Å². The number of hydrazine groups is 1. The summed E-state index contributed by atoms with van der Waals surface area (Å²) in [4.78, 5) is 15.8. The summed E-state index contributed by atoms with van der Waals surface area (Å²) in [6.45, 7) is 0. The number of aromatic amines is 1. The zero-order chi connectivity index (χ0) is 8.43. The molecule has 11 heavy (non-hydrogen) atoms. The topological polar surface area (TPSA) is 75.0 Å². The maximum absolute atomic E-state index is 12.7. The van der Waals surface area contributed by atoms with Gasteiger partial charge in [0.1, 0.15) is 0 Å². The second-order valence-electron chi connectivity index (χ2n) is 2.00. The van der Waals surface area contributed by atoms with Gasteiger partial charge < -0.3 is 0 Å². The van der Waals surface area contributed by atoms with E-state index < -0.39 is 11.5 Å². The van der Waals surface area contributed by atoms with Crippen LogP contribution in [0.2, 0.25) is 0 Å². The van der Waals surface area contributed by atoms with Crippen LogP contribution in [0.4, 0.5) is 10.2 Å². The molecule has 0 amide bonds. The number of rotatable bonds is 1. The molecule has 0 bridgehead atoms. The lowest BCUT2D eigenvalue weighted by Gasteiger charge is -2.10. The van der Waals surface area contributed by atoms with Crippen LogP contribution in [-0.4, -0.2) is 17.0 Å². The van der Waals surface area contributed by atoms with Crippen molar-refractivity contribution < 1.29 is 4.39 Å². The summed E-state index contributed by atoms with van der Waals surface area (Å²) in [5, 5.41) is 0.971. The number of hydrogen-bond donors (Lipinski definition) is 2. The number of nitrogens with one attached hydrogen (secondary N) is 1. The average Bonchev–Trinajstić information content (AvgIpc) is 1.94. The minimum atomic E-state index is -0.658. The average molecular weight is 158 g/mol. The fourth-order valence-corrected chi connectivity index (χ4v) is 0.626. The molecule has 3 N–H and O–H groups in total. The molecule has 0 saturated carbocycles. The molecule has 0 radical (unpaired) electrons. The van der Waals surface area contributed by atoms with Crippen LogP contribution in [0.3, 0.4) is 0 Å². The Labute approximate surface area is 61.6 Å². The molecule has 5 nitrogen and oxygen atoms in total. The molecule has 0 unspecified atom stereocenters. The van der Waals surface area contributed by atoms with Crippen molar-refractivity contribution in [3.8, 4) is 0 Å². The van der Waals surface area contributed by atoms with Gasteiger partial charge in [0.25, 0.3) is 0 Å². The van der Waals surface area contributed by atoms with Crippen molar-refractivity contribution in [2.45, 2.75) is 0 Å². The van der Waals surface area contributed by atoms with E-state index in [0.717, 1.165) is 11.2 Å². The van der Waals surface area contributed by atoms with Gasteiger partial charge in [-0.3, -0.25) is 9.99 Å². The molecule has 60 valence electrons. The van der Waals surface area contributed by atoms with Crippen molar-refractivity contribution in [1.82, 2.24) is 9.97 Å². The third-order valence-corrected chi connectivity index (χ3v) is 1.10. The zero-order valence-corrected chi connectivity index (χ0v) is 5.84. The molecule has 0 saturated heterocycles. The number of hydrogen-bond acceptors (Lipinski definition) is 4. The third-order valence-electron chi connectivity index (χ3n) is 1.10. The minimum absolute atomic E-state index is 0.0787. The SMILES string of the molecule is CN(N)c1[nH]c(=O)ncc1F. The second-order valence-corrected chi connectivity index (χ2v) is 2.00. The standard InChI is InChI=1S/C5H7FN4O/c1-10(7)4-3(6)2-8-5(11)9-4/h2H,7H2,1H3,(H,8,9,11). The Morgan fingerprint density at radius 2 is 2.45 bits per heavy atom. The van der Waals surface area contributed by atoms with Crippen LogP contribution in [0.25, 0.3) is 0 Å². The van der Waals surface area contributed by atoms with Gasteiger partial charge in [0.15, 0.2) is 11.6 Å². The van der Waals surface area contributed by atoms with Crippen LogP contribution in [0.1, 0.15) is 0 Å². The number of H-pyrrole nitrogens is 1. The smallest absolute Gasteiger partial charge is 0.297 e. The molecular formula is C5H7FN4O. The van der Waals surface area contributed by atoms with Crippen LogP contribution in [0.5, 0.6) is 0 Å². The summed E-state index contributed by atoms with van der Waals surface area (Å²) in [5.41, 5.74) is -0.626. The summed E-state index contributed by atoms with van der Waals surface area (Å²) in [5.74, 6) is 4.44. The predicted octanol–water partition coefficient (Wildman–Crippen LogP) is -0.781. The molecule has 0 atom stereocenters. The minimum Gasteiger partial charge on any atom is -0.297 e. The molecule has 0 aliphatic heterocycles. The van der Waals surface area contributed by atoms with Gasteiger partial charge in [-0.2, -0.15) is 4.98 Å². The van der Waals surface area contributed by atoms with E-state index in [-0.39, 0.29) is 5.82 Å². The van der Waals surface area contributed by atoms with Crippen LogP contribution >= 0.6 is 0 Å². The summed E-state index contributed by atoms with van der Waals surface area (Å²) in [6, 6.07) is 0. The van der Waals surface area contributed by atoms with Crippen molar-refractivity contribution in [1.29, 1.82) is 0 Å².